The second-order valence-electron chi connectivity index (χ2n) is 4.01. The number of hydrogen-bond donors (Lipinski definition) is 1. The van der Waals surface area contributed by atoms with Crippen LogP contribution in [0.5, 0.6) is 0 Å². The zero-order valence-electron chi connectivity index (χ0n) is 9.38. The van der Waals surface area contributed by atoms with Gasteiger partial charge in [-0.3, -0.25) is 4.98 Å². The van der Waals surface area contributed by atoms with Crippen molar-refractivity contribution >= 4 is 15.9 Å². The molecule has 2 rings (SSSR count). The molecule has 0 amide bonds. The number of aliphatic hydroxyl groups excluding tert-OH is 1. The van der Waals surface area contributed by atoms with Crippen LogP contribution in [0.1, 0.15) is 17.0 Å². The second-order valence-corrected chi connectivity index (χ2v) is 4.92. The van der Waals surface area contributed by atoms with E-state index >= 15 is 0 Å². The molecule has 0 saturated heterocycles. The van der Waals surface area contributed by atoms with E-state index in [0.717, 1.165) is 22.0 Å². The quantitative estimate of drug-likeness (QED) is 0.939. The molecule has 0 aliphatic rings. The molecule has 0 aliphatic carbocycles. The molecule has 1 aromatic heterocycles. The minimum atomic E-state index is 0.132. The Morgan fingerprint density at radius 1 is 1.18 bits per heavy atom. The van der Waals surface area contributed by atoms with E-state index in [-0.39, 0.29) is 12.5 Å². The van der Waals surface area contributed by atoms with Crippen molar-refractivity contribution in [2.75, 3.05) is 6.61 Å². The number of hydrogen-bond acceptors (Lipinski definition) is 2. The van der Waals surface area contributed by atoms with Gasteiger partial charge in [0.05, 0.1) is 6.61 Å². The smallest absolute Gasteiger partial charge is 0.0502 e. The highest BCUT2D eigenvalue weighted by atomic mass is 79.9. The number of pyridine rings is 1. The summed E-state index contributed by atoms with van der Waals surface area (Å²) in [5, 5.41) is 9.48. The molecular weight excluding hydrogens is 278 g/mol. The van der Waals surface area contributed by atoms with Crippen LogP contribution >= 0.6 is 15.9 Å². The summed E-state index contributed by atoms with van der Waals surface area (Å²) in [6, 6.07) is 12.1. The highest BCUT2D eigenvalue weighted by Gasteiger charge is 2.11. The maximum atomic E-state index is 9.48. The van der Waals surface area contributed by atoms with Crippen LogP contribution < -0.4 is 0 Å². The summed E-state index contributed by atoms with van der Waals surface area (Å²) < 4.78 is 0.972. The van der Waals surface area contributed by atoms with Crippen molar-refractivity contribution in [2.45, 2.75) is 12.3 Å². The molecule has 2 nitrogen and oxygen atoms in total. The van der Waals surface area contributed by atoms with E-state index in [1.54, 1.807) is 6.20 Å². The van der Waals surface area contributed by atoms with E-state index in [0.29, 0.717) is 0 Å². The van der Waals surface area contributed by atoms with Crippen molar-refractivity contribution in [2.24, 2.45) is 0 Å². The number of rotatable bonds is 4. The summed E-state index contributed by atoms with van der Waals surface area (Å²) in [4.78, 5) is 4.14. The van der Waals surface area contributed by atoms with Crippen LogP contribution in [0.4, 0.5) is 0 Å². The van der Waals surface area contributed by atoms with Gasteiger partial charge < -0.3 is 5.11 Å². The van der Waals surface area contributed by atoms with Crippen molar-refractivity contribution in [3.63, 3.8) is 0 Å². The molecule has 0 radical (unpaired) electrons. The van der Waals surface area contributed by atoms with Crippen molar-refractivity contribution in [1.29, 1.82) is 0 Å². The summed E-state index contributed by atoms with van der Waals surface area (Å²) in [5.41, 5.74) is 2.29. The first kappa shape index (κ1) is 12.3. The lowest BCUT2D eigenvalue weighted by Gasteiger charge is -2.14. The van der Waals surface area contributed by atoms with E-state index in [4.69, 9.17) is 0 Å². The molecule has 0 saturated carbocycles. The van der Waals surface area contributed by atoms with Gasteiger partial charge in [-0.05, 0) is 39.5 Å². The summed E-state index contributed by atoms with van der Waals surface area (Å²) >= 11 is 3.41. The molecule has 1 heterocycles. The number of halogens is 1. The molecular formula is C14H14BrNO. The van der Waals surface area contributed by atoms with Crippen molar-refractivity contribution < 1.29 is 5.11 Å². The maximum Gasteiger partial charge on any atom is 0.0502 e. The monoisotopic (exact) mass is 291 g/mol. The van der Waals surface area contributed by atoms with Gasteiger partial charge in [-0.2, -0.15) is 0 Å². The fraction of sp³-hybridized carbons (Fsp3) is 0.214. The van der Waals surface area contributed by atoms with Gasteiger partial charge in [0.1, 0.15) is 0 Å². The number of nitrogens with zero attached hydrogens (tertiary/aromatic N) is 1. The Morgan fingerprint density at radius 2 is 1.94 bits per heavy atom. The molecule has 0 bridgehead atoms. The van der Waals surface area contributed by atoms with Crippen LogP contribution in [-0.4, -0.2) is 16.7 Å². The van der Waals surface area contributed by atoms with Gasteiger partial charge in [-0.15, -0.1) is 0 Å². The van der Waals surface area contributed by atoms with Crippen LogP contribution in [-0.2, 0) is 6.42 Å². The molecule has 0 fully saturated rings. The van der Waals surface area contributed by atoms with Crippen molar-refractivity contribution in [3.05, 3.63) is 64.4 Å². The first-order valence-corrected chi connectivity index (χ1v) is 6.34. The number of aromatic nitrogens is 1. The van der Waals surface area contributed by atoms with Crippen LogP contribution in [0, 0.1) is 0 Å². The third-order valence-corrected chi connectivity index (χ3v) is 3.17. The average Bonchev–Trinajstić information content (AvgIpc) is 2.37. The summed E-state index contributed by atoms with van der Waals surface area (Å²) in [6.45, 7) is 0.149. The minimum absolute atomic E-state index is 0.132. The number of benzene rings is 1. The van der Waals surface area contributed by atoms with Crippen molar-refractivity contribution in [1.82, 2.24) is 4.98 Å². The fourth-order valence-corrected chi connectivity index (χ4v) is 2.28. The predicted octanol–water partition coefficient (Wildman–Crippen LogP) is 3.16. The Balaban J connectivity index is 2.16. The Kier molecular flexibility index (Phi) is 4.29. The highest BCUT2D eigenvalue weighted by Crippen LogP contribution is 2.21. The Morgan fingerprint density at radius 3 is 2.59 bits per heavy atom. The summed E-state index contributed by atoms with van der Waals surface area (Å²) in [5.74, 6) is 0.132. The third kappa shape index (κ3) is 3.38. The van der Waals surface area contributed by atoms with E-state index in [1.807, 2.05) is 42.6 Å². The molecule has 2 aromatic rings. The van der Waals surface area contributed by atoms with E-state index in [2.05, 4.69) is 20.9 Å². The number of aliphatic hydroxyl groups is 1. The van der Waals surface area contributed by atoms with Crippen LogP contribution in [0.3, 0.4) is 0 Å². The molecule has 1 aromatic carbocycles. The van der Waals surface area contributed by atoms with Gasteiger partial charge in [0.15, 0.2) is 0 Å². The van der Waals surface area contributed by atoms with Crippen molar-refractivity contribution in [3.8, 4) is 0 Å². The fourth-order valence-electron chi connectivity index (χ4n) is 1.87. The topological polar surface area (TPSA) is 33.1 Å². The summed E-state index contributed by atoms with van der Waals surface area (Å²) in [7, 11) is 0. The van der Waals surface area contributed by atoms with Gasteiger partial charge in [0.25, 0.3) is 0 Å². The van der Waals surface area contributed by atoms with E-state index in [1.165, 1.54) is 0 Å². The normalized spacial score (nSPS) is 12.4. The zero-order valence-corrected chi connectivity index (χ0v) is 11.0. The third-order valence-electron chi connectivity index (χ3n) is 2.73. The Bertz CT molecular complexity index is 473. The SMILES string of the molecule is OCC(Cc1cncc(Br)c1)c1ccccc1. The van der Waals surface area contributed by atoms with Gasteiger partial charge >= 0.3 is 0 Å². The van der Waals surface area contributed by atoms with Gasteiger partial charge in [0.2, 0.25) is 0 Å². The Labute approximate surface area is 109 Å². The average molecular weight is 292 g/mol. The predicted molar refractivity (Wildman–Crippen MR) is 71.9 cm³/mol. The van der Waals surface area contributed by atoms with Crippen LogP contribution in [0.15, 0.2) is 53.3 Å². The molecule has 1 N–H and O–H groups in total. The van der Waals surface area contributed by atoms with E-state index < -0.39 is 0 Å². The second kappa shape index (κ2) is 5.94. The molecule has 0 aliphatic heterocycles. The zero-order chi connectivity index (χ0) is 12.1. The maximum absolute atomic E-state index is 9.48. The molecule has 0 spiro atoms. The minimum Gasteiger partial charge on any atom is -0.396 e. The van der Waals surface area contributed by atoms with E-state index in [9.17, 15) is 5.11 Å². The van der Waals surface area contributed by atoms with Crippen LogP contribution in [0.2, 0.25) is 0 Å². The molecule has 1 unspecified atom stereocenters. The molecule has 17 heavy (non-hydrogen) atoms. The highest BCUT2D eigenvalue weighted by molar-refractivity contribution is 9.10. The molecule has 1 atom stereocenters. The lowest BCUT2D eigenvalue weighted by Crippen LogP contribution is -2.07. The van der Waals surface area contributed by atoms with Gasteiger partial charge in [-0.1, -0.05) is 30.3 Å². The van der Waals surface area contributed by atoms with Gasteiger partial charge in [-0.25, -0.2) is 0 Å². The largest absolute Gasteiger partial charge is 0.396 e. The van der Waals surface area contributed by atoms with Gasteiger partial charge in [0, 0.05) is 22.8 Å². The molecule has 3 heteroatoms. The first-order valence-electron chi connectivity index (χ1n) is 5.55. The lowest BCUT2D eigenvalue weighted by atomic mass is 9.93. The first-order chi connectivity index (χ1) is 8.29. The van der Waals surface area contributed by atoms with Crippen LogP contribution in [0.25, 0.3) is 0 Å². The summed E-state index contributed by atoms with van der Waals surface area (Å²) in [6.07, 6.45) is 4.41. The molecule has 88 valence electrons. The lowest BCUT2D eigenvalue weighted by molar-refractivity contribution is 0.264. The Hall–Kier alpha value is -1.19. The standard InChI is InChI=1S/C14H14BrNO/c15-14-7-11(8-16-9-14)6-13(10-17)12-4-2-1-3-5-12/h1-5,7-9,13,17H,6,10H2.